The van der Waals surface area contributed by atoms with Gasteiger partial charge in [-0.1, -0.05) is 13.3 Å². The van der Waals surface area contributed by atoms with Gasteiger partial charge >= 0.3 is 5.97 Å². The van der Waals surface area contributed by atoms with Crippen molar-refractivity contribution < 1.29 is 14.7 Å². The van der Waals surface area contributed by atoms with Gasteiger partial charge in [0, 0.05) is 5.69 Å². The molecular weight excluding hydrogens is 222 g/mol. The number of aromatic nitrogens is 2. The van der Waals surface area contributed by atoms with E-state index in [2.05, 4.69) is 15.5 Å². The number of nitrogens with zero attached hydrogens (tertiary/aromatic N) is 1. The molecule has 1 amide bonds. The standard InChI is InChI=1S/C11H17N3O3/c1-4-5-8(11(16)17)12-10(15)9-6(2)13-14-7(9)3/h8H,4-5H2,1-3H3,(H,12,15)(H,13,14)(H,16,17)/t8-/m1/s1. The Bertz CT molecular complexity index is 406. The molecule has 0 saturated carbocycles. The molecule has 6 heteroatoms. The van der Waals surface area contributed by atoms with Crippen LogP contribution in [0.2, 0.25) is 0 Å². The number of aromatic amines is 1. The molecule has 0 bridgehead atoms. The average Bonchev–Trinajstić information content (AvgIpc) is 2.57. The first kappa shape index (κ1) is 13.2. The van der Waals surface area contributed by atoms with Crippen molar-refractivity contribution in [2.75, 3.05) is 0 Å². The summed E-state index contributed by atoms with van der Waals surface area (Å²) in [6.07, 6.45) is 1.11. The average molecular weight is 239 g/mol. The molecular formula is C11H17N3O3. The van der Waals surface area contributed by atoms with E-state index < -0.39 is 17.9 Å². The summed E-state index contributed by atoms with van der Waals surface area (Å²) < 4.78 is 0. The Kier molecular flexibility index (Phi) is 4.25. The normalized spacial score (nSPS) is 12.2. The van der Waals surface area contributed by atoms with E-state index in [1.54, 1.807) is 13.8 Å². The van der Waals surface area contributed by atoms with Gasteiger partial charge in [-0.3, -0.25) is 9.89 Å². The Morgan fingerprint density at radius 2 is 2.12 bits per heavy atom. The van der Waals surface area contributed by atoms with Gasteiger partial charge in [-0.15, -0.1) is 0 Å². The van der Waals surface area contributed by atoms with Gasteiger partial charge in [0.2, 0.25) is 0 Å². The van der Waals surface area contributed by atoms with Crippen LogP contribution in [0.1, 0.15) is 41.5 Å². The number of nitrogens with one attached hydrogen (secondary N) is 2. The summed E-state index contributed by atoms with van der Waals surface area (Å²) in [5.41, 5.74) is 1.63. The quantitative estimate of drug-likeness (QED) is 0.714. The first-order valence-electron chi connectivity index (χ1n) is 5.52. The lowest BCUT2D eigenvalue weighted by molar-refractivity contribution is -0.139. The minimum Gasteiger partial charge on any atom is -0.480 e. The minimum absolute atomic E-state index is 0.394. The Labute approximate surface area is 99.4 Å². The highest BCUT2D eigenvalue weighted by molar-refractivity contribution is 5.98. The molecule has 94 valence electrons. The van der Waals surface area contributed by atoms with Crippen molar-refractivity contribution in [3.63, 3.8) is 0 Å². The maximum absolute atomic E-state index is 11.9. The molecule has 0 aromatic carbocycles. The SMILES string of the molecule is CCC[C@@H](NC(=O)c1c(C)n[nH]c1C)C(=O)O. The summed E-state index contributed by atoms with van der Waals surface area (Å²) in [6.45, 7) is 5.30. The van der Waals surface area contributed by atoms with Crippen LogP contribution in [0, 0.1) is 13.8 Å². The van der Waals surface area contributed by atoms with Crippen LogP contribution in [-0.4, -0.2) is 33.2 Å². The zero-order chi connectivity index (χ0) is 13.0. The van der Waals surface area contributed by atoms with Crippen molar-refractivity contribution in [3.05, 3.63) is 17.0 Å². The number of carboxylic acid groups (broad SMARTS) is 1. The number of H-pyrrole nitrogens is 1. The third kappa shape index (κ3) is 3.05. The van der Waals surface area contributed by atoms with Crippen molar-refractivity contribution in [2.45, 2.75) is 39.7 Å². The van der Waals surface area contributed by atoms with Gasteiger partial charge in [-0.25, -0.2) is 4.79 Å². The second-order valence-corrected chi connectivity index (χ2v) is 3.96. The number of carboxylic acids is 1. The highest BCUT2D eigenvalue weighted by Crippen LogP contribution is 2.10. The molecule has 0 radical (unpaired) electrons. The number of carbonyl (C=O) groups excluding carboxylic acids is 1. The number of aliphatic carboxylic acids is 1. The predicted octanol–water partition coefficient (Wildman–Crippen LogP) is 1.01. The number of rotatable bonds is 5. The molecule has 1 atom stereocenters. The number of carbonyl (C=O) groups is 2. The monoisotopic (exact) mass is 239 g/mol. The summed E-state index contributed by atoms with van der Waals surface area (Å²) in [5, 5.41) is 18.1. The maximum Gasteiger partial charge on any atom is 0.326 e. The maximum atomic E-state index is 11.9. The van der Waals surface area contributed by atoms with Gasteiger partial charge in [0.15, 0.2) is 0 Å². The second-order valence-electron chi connectivity index (χ2n) is 3.96. The first-order chi connectivity index (χ1) is 7.97. The van der Waals surface area contributed by atoms with E-state index in [-0.39, 0.29) is 0 Å². The summed E-state index contributed by atoms with van der Waals surface area (Å²) in [6, 6.07) is -0.846. The Balaban J connectivity index is 2.81. The molecule has 6 nitrogen and oxygen atoms in total. The molecule has 0 saturated heterocycles. The van der Waals surface area contributed by atoms with Gasteiger partial charge in [0.1, 0.15) is 6.04 Å². The summed E-state index contributed by atoms with van der Waals surface area (Å²) in [4.78, 5) is 22.8. The molecule has 0 aliphatic rings. The molecule has 0 spiro atoms. The summed E-state index contributed by atoms with van der Waals surface area (Å²) >= 11 is 0. The van der Waals surface area contributed by atoms with E-state index in [9.17, 15) is 9.59 Å². The summed E-state index contributed by atoms with van der Waals surface area (Å²) in [5.74, 6) is -1.41. The van der Waals surface area contributed by atoms with Crippen molar-refractivity contribution >= 4 is 11.9 Å². The number of hydrogen-bond donors (Lipinski definition) is 3. The van der Waals surface area contributed by atoms with Crippen LogP contribution in [0.5, 0.6) is 0 Å². The lowest BCUT2D eigenvalue weighted by Gasteiger charge is -2.13. The fourth-order valence-corrected chi connectivity index (χ4v) is 1.66. The Morgan fingerprint density at radius 1 is 1.47 bits per heavy atom. The fraction of sp³-hybridized carbons (Fsp3) is 0.545. The van der Waals surface area contributed by atoms with Crippen LogP contribution in [0.15, 0.2) is 0 Å². The van der Waals surface area contributed by atoms with E-state index in [0.29, 0.717) is 29.8 Å². The lowest BCUT2D eigenvalue weighted by atomic mass is 10.1. The minimum atomic E-state index is -1.01. The van der Waals surface area contributed by atoms with Gasteiger partial charge in [-0.2, -0.15) is 5.10 Å². The third-order valence-corrected chi connectivity index (χ3v) is 2.54. The molecule has 1 aromatic heterocycles. The first-order valence-corrected chi connectivity index (χ1v) is 5.52. The molecule has 17 heavy (non-hydrogen) atoms. The molecule has 0 unspecified atom stereocenters. The van der Waals surface area contributed by atoms with Crippen LogP contribution in [0.25, 0.3) is 0 Å². The van der Waals surface area contributed by atoms with Crippen molar-refractivity contribution in [3.8, 4) is 0 Å². The topological polar surface area (TPSA) is 95.1 Å². The van der Waals surface area contributed by atoms with Crippen LogP contribution >= 0.6 is 0 Å². The van der Waals surface area contributed by atoms with Crippen molar-refractivity contribution in [2.24, 2.45) is 0 Å². The van der Waals surface area contributed by atoms with E-state index in [4.69, 9.17) is 5.11 Å². The fourth-order valence-electron chi connectivity index (χ4n) is 1.66. The zero-order valence-electron chi connectivity index (χ0n) is 10.2. The Hall–Kier alpha value is -1.85. The van der Waals surface area contributed by atoms with E-state index >= 15 is 0 Å². The number of hydrogen-bond acceptors (Lipinski definition) is 3. The molecule has 1 aromatic rings. The molecule has 3 N–H and O–H groups in total. The molecule has 1 rings (SSSR count). The largest absolute Gasteiger partial charge is 0.480 e. The second kappa shape index (κ2) is 5.47. The lowest BCUT2D eigenvalue weighted by Crippen LogP contribution is -2.41. The van der Waals surface area contributed by atoms with Crippen LogP contribution in [-0.2, 0) is 4.79 Å². The van der Waals surface area contributed by atoms with Crippen molar-refractivity contribution in [1.29, 1.82) is 0 Å². The smallest absolute Gasteiger partial charge is 0.326 e. The van der Waals surface area contributed by atoms with E-state index in [0.717, 1.165) is 0 Å². The third-order valence-electron chi connectivity index (χ3n) is 2.54. The predicted molar refractivity (Wildman–Crippen MR) is 61.9 cm³/mol. The van der Waals surface area contributed by atoms with Gasteiger partial charge < -0.3 is 10.4 Å². The highest BCUT2D eigenvalue weighted by atomic mass is 16.4. The Morgan fingerprint density at radius 3 is 2.53 bits per heavy atom. The zero-order valence-corrected chi connectivity index (χ0v) is 10.2. The van der Waals surface area contributed by atoms with Gasteiger partial charge in [0.25, 0.3) is 5.91 Å². The van der Waals surface area contributed by atoms with E-state index in [1.165, 1.54) is 0 Å². The molecule has 0 fully saturated rings. The molecule has 0 aliphatic heterocycles. The highest BCUT2D eigenvalue weighted by Gasteiger charge is 2.22. The van der Waals surface area contributed by atoms with Gasteiger partial charge in [0.05, 0.1) is 11.3 Å². The van der Waals surface area contributed by atoms with Crippen LogP contribution < -0.4 is 5.32 Å². The summed E-state index contributed by atoms with van der Waals surface area (Å²) in [7, 11) is 0. The van der Waals surface area contributed by atoms with Gasteiger partial charge in [-0.05, 0) is 20.3 Å². The van der Waals surface area contributed by atoms with Crippen LogP contribution in [0.4, 0.5) is 0 Å². The van der Waals surface area contributed by atoms with Crippen LogP contribution in [0.3, 0.4) is 0 Å². The van der Waals surface area contributed by atoms with E-state index in [1.807, 2.05) is 6.92 Å². The van der Waals surface area contributed by atoms with Crippen molar-refractivity contribution in [1.82, 2.24) is 15.5 Å². The molecule has 1 heterocycles. The number of amides is 1. The molecule has 0 aliphatic carbocycles. The number of aryl methyl sites for hydroxylation is 2.